The minimum Gasteiger partial charge on any atom is -0.452 e. The first-order valence-corrected chi connectivity index (χ1v) is 9.60. The lowest BCUT2D eigenvalue weighted by atomic mass is 9.94. The average molecular weight is 358 g/mol. The third kappa shape index (κ3) is 4.17. The molecule has 4 rings (SSSR count). The molecule has 3 aliphatic rings. The van der Waals surface area contributed by atoms with Crippen LogP contribution in [0.3, 0.4) is 0 Å². The number of rotatable bonds is 4. The lowest BCUT2D eigenvalue weighted by Crippen LogP contribution is -2.34. The van der Waals surface area contributed by atoms with Crippen LogP contribution in [0.4, 0.5) is 0 Å². The minimum absolute atomic E-state index is 0.0194. The van der Waals surface area contributed by atoms with Crippen molar-refractivity contribution >= 4 is 5.97 Å². The zero-order valence-electron chi connectivity index (χ0n) is 15.0. The van der Waals surface area contributed by atoms with E-state index in [1.165, 1.54) is 19.3 Å². The molecule has 0 N–H and O–H groups in total. The summed E-state index contributed by atoms with van der Waals surface area (Å²) >= 11 is 0. The first kappa shape index (κ1) is 17.7. The fraction of sp³-hybridized carbons (Fsp3) is 0.571. The smallest absolute Gasteiger partial charge is 0.338 e. The highest BCUT2D eigenvalue weighted by atomic mass is 16.7. The summed E-state index contributed by atoms with van der Waals surface area (Å²) in [5.41, 5.74) is 0.553. The minimum atomic E-state index is -0.343. The maximum Gasteiger partial charge on any atom is 0.338 e. The highest BCUT2D eigenvalue weighted by molar-refractivity contribution is 5.89. The van der Waals surface area contributed by atoms with Crippen molar-refractivity contribution in [3.05, 3.63) is 48.0 Å². The predicted octanol–water partition coefficient (Wildman–Crippen LogP) is 3.63. The molecular weight excluding hydrogens is 332 g/mol. The Morgan fingerprint density at radius 3 is 2.62 bits per heavy atom. The Hall–Kier alpha value is -1.69. The Bertz CT molecular complexity index is 635. The molecule has 2 fully saturated rings. The van der Waals surface area contributed by atoms with E-state index in [-0.39, 0.29) is 30.1 Å². The lowest BCUT2D eigenvalue weighted by molar-refractivity contribution is -0.189. The summed E-state index contributed by atoms with van der Waals surface area (Å²) in [6.45, 7) is 1.01. The number of esters is 1. The number of ether oxygens (including phenoxy) is 4. The molecule has 0 amide bonds. The number of carbonyl (C=O) groups is 1. The van der Waals surface area contributed by atoms with Gasteiger partial charge in [-0.3, -0.25) is 0 Å². The van der Waals surface area contributed by atoms with E-state index in [4.69, 9.17) is 18.9 Å². The zero-order chi connectivity index (χ0) is 17.8. The monoisotopic (exact) mass is 358 g/mol. The van der Waals surface area contributed by atoms with Crippen LogP contribution < -0.4 is 0 Å². The Kier molecular flexibility index (Phi) is 5.38. The van der Waals surface area contributed by atoms with Crippen molar-refractivity contribution in [3.8, 4) is 0 Å². The van der Waals surface area contributed by atoms with Gasteiger partial charge in [-0.05, 0) is 31.1 Å². The maximum atomic E-state index is 12.1. The van der Waals surface area contributed by atoms with Crippen molar-refractivity contribution in [2.45, 2.75) is 62.6 Å². The van der Waals surface area contributed by atoms with E-state index >= 15 is 0 Å². The standard InChI is InChI=1S/C21H26O5/c22-20(16-7-3-1-4-8-16)25-18-10-9-17(23-14-18)13-19-15-24-21(26-19)11-5-2-6-12-21/h1,3-4,7-10,17-19H,2,5-6,11-15H2/t17-,18-,19-/m0/s1. The molecule has 1 spiro atoms. The summed E-state index contributed by atoms with van der Waals surface area (Å²) in [5.74, 6) is -0.663. The Balaban J connectivity index is 1.25. The third-order valence-corrected chi connectivity index (χ3v) is 5.31. The lowest BCUT2D eigenvalue weighted by Gasteiger charge is -2.32. The van der Waals surface area contributed by atoms with Gasteiger partial charge in [0, 0.05) is 19.3 Å². The topological polar surface area (TPSA) is 54.0 Å². The Labute approximate surface area is 154 Å². The molecule has 0 bridgehead atoms. The molecule has 2 aliphatic heterocycles. The van der Waals surface area contributed by atoms with Crippen molar-refractivity contribution in [2.24, 2.45) is 0 Å². The summed E-state index contributed by atoms with van der Waals surface area (Å²) in [6, 6.07) is 9.01. The van der Waals surface area contributed by atoms with Crippen LogP contribution in [0.25, 0.3) is 0 Å². The Morgan fingerprint density at radius 2 is 1.88 bits per heavy atom. The molecule has 1 saturated carbocycles. The fourth-order valence-electron chi connectivity index (χ4n) is 3.92. The molecule has 1 aromatic carbocycles. The van der Waals surface area contributed by atoms with Gasteiger partial charge in [-0.25, -0.2) is 4.79 Å². The van der Waals surface area contributed by atoms with E-state index in [2.05, 4.69) is 0 Å². The molecule has 2 heterocycles. The summed E-state index contributed by atoms with van der Waals surface area (Å²) < 4.78 is 23.6. The van der Waals surface area contributed by atoms with Gasteiger partial charge >= 0.3 is 5.97 Å². The van der Waals surface area contributed by atoms with Gasteiger partial charge in [0.25, 0.3) is 0 Å². The largest absolute Gasteiger partial charge is 0.452 e. The van der Waals surface area contributed by atoms with Crippen LogP contribution in [0.1, 0.15) is 48.9 Å². The van der Waals surface area contributed by atoms with Crippen molar-refractivity contribution in [3.63, 3.8) is 0 Å². The van der Waals surface area contributed by atoms with Gasteiger partial charge in [-0.15, -0.1) is 0 Å². The third-order valence-electron chi connectivity index (χ3n) is 5.31. The van der Waals surface area contributed by atoms with Gasteiger partial charge in [-0.1, -0.05) is 30.7 Å². The SMILES string of the molecule is O=C(O[C@H]1C=C[C@@H](C[C@H]2COC3(CCCCC3)O2)OC1)c1ccccc1. The van der Waals surface area contributed by atoms with E-state index in [9.17, 15) is 4.79 Å². The molecule has 1 saturated heterocycles. The molecular formula is C21H26O5. The van der Waals surface area contributed by atoms with E-state index in [1.807, 2.05) is 30.4 Å². The number of hydrogen-bond acceptors (Lipinski definition) is 5. The van der Waals surface area contributed by atoms with Gasteiger partial charge in [0.1, 0.15) is 6.10 Å². The van der Waals surface area contributed by atoms with Crippen LogP contribution in [0.5, 0.6) is 0 Å². The van der Waals surface area contributed by atoms with Crippen LogP contribution >= 0.6 is 0 Å². The quantitative estimate of drug-likeness (QED) is 0.608. The predicted molar refractivity (Wildman–Crippen MR) is 95.8 cm³/mol. The highest BCUT2D eigenvalue weighted by Crippen LogP contribution is 2.39. The van der Waals surface area contributed by atoms with E-state index in [0.29, 0.717) is 18.8 Å². The molecule has 3 atom stereocenters. The Morgan fingerprint density at radius 1 is 1.08 bits per heavy atom. The molecule has 1 aliphatic carbocycles. The molecule has 0 radical (unpaired) electrons. The van der Waals surface area contributed by atoms with E-state index in [1.54, 1.807) is 12.1 Å². The summed E-state index contributed by atoms with van der Waals surface area (Å²) in [4.78, 5) is 12.1. The highest BCUT2D eigenvalue weighted by Gasteiger charge is 2.42. The summed E-state index contributed by atoms with van der Waals surface area (Å²) in [5, 5.41) is 0. The molecule has 26 heavy (non-hydrogen) atoms. The van der Waals surface area contributed by atoms with E-state index in [0.717, 1.165) is 19.3 Å². The van der Waals surface area contributed by atoms with Crippen LogP contribution in [0, 0.1) is 0 Å². The van der Waals surface area contributed by atoms with E-state index < -0.39 is 0 Å². The van der Waals surface area contributed by atoms with Gasteiger partial charge in [0.15, 0.2) is 5.79 Å². The second-order valence-electron chi connectivity index (χ2n) is 7.32. The fourth-order valence-corrected chi connectivity index (χ4v) is 3.92. The van der Waals surface area contributed by atoms with Crippen LogP contribution in [0.2, 0.25) is 0 Å². The molecule has 1 aromatic rings. The number of hydrogen-bond donors (Lipinski definition) is 0. The zero-order valence-corrected chi connectivity index (χ0v) is 15.0. The van der Waals surface area contributed by atoms with Gasteiger partial charge < -0.3 is 18.9 Å². The second kappa shape index (κ2) is 7.91. The first-order valence-electron chi connectivity index (χ1n) is 9.60. The van der Waals surface area contributed by atoms with Gasteiger partial charge in [0.2, 0.25) is 0 Å². The number of benzene rings is 1. The van der Waals surface area contributed by atoms with Crippen molar-refractivity contribution < 1.29 is 23.7 Å². The average Bonchev–Trinajstić information content (AvgIpc) is 3.06. The van der Waals surface area contributed by atoms with Gasteiger partial charge in [-0.2, -0.15) is 0 Å². The second-order valence-corrected chi connectivity index (χ2v) is 7.32. The van der Waals surface area contributed by atoms with Crippen molar-refractivity contribution in [1.82, 2.24) is 0 Å². The van der Waals surface area contributed by atoms with Gasteiger partial charge in [0.05, 0.1) is 31.0 Å². The first-order chi connectivity index (χ1) is 12.7. The van der Waals surface area contributed by atoms with Crippen LogP contribution in [0.15, 0.2) is 42.5 Å². The van der Waals surface area contributed by atoms with Crippen LogP contribution in [-0.2, 0) is 18.9 Å². The number of carbonyl (C=O) groups excluding carboxylic acids is 1. The normalized spacial score (nSPS) is 30.4. The molecule has 5 heteroatoms. The molecule has 140 valence electrons. The summed E-state index contributed by atoms with van der Waals surface area (Å²) in [7, 11) is 0. The van der Waals surface area contributed by atoms with Crippen molar-refractivity contribution in [2.75, 3.05) is 13.2 Å². The maximum absolute atomic E-state index is 12.1. The molecule has 5 nitrogen and oxygen atoms in total. The van der Waals surface area contributed by atoms with Crippen LogP contribution in [-0.4, -0.2) is 43.3 Å². The molecule has 0 unspecified atom stereocenters. The summed E-state index contributed by atoms with van der Waals surface area (Å²) in [6.07, 6.45) is 10.0. The molecule has 0 aromatic heterocycles. The van der Waals surface area contributed by atoms with Crippen molar-refractivity contribution in [1.29, 1.82) is 0 Å².